The van der Waals surface area contributed by atoms with E-state index >= 15 is 0 Å². The number of hydrogen-bond acceptors (Lipinski definition) is 5. The molecule has 0 spiro atoms. The Kier molecular flexibility index (Phi) is 5.82. The molecule has 2 aliphatic rings. The third-order valence-corrected chi connectivity index (χ3v) is 6.21. The van der Waals surface area contributed by atoms with Crippen molar-refractivity contribution in [2.45, 2.75) is 26.9 Å². The summed E-state index contributed by atoms with van der Waals surface area (Å²) in [4.78, 5) is 21.8. The van der Waals surface area contributed by atoms with E-state index in [1.807, 2.05) is 42.9 Å². The lowest BCUT2D eigenvalue weighted by atomic mass is 10.2. The fraction of sp³-hybridized carbons (Fsp3) is 0.381. The summed E-state index contributed by atoms with van der Waals surface area (Å²) < 4.78 is 14.9. The van der Waals surface area contributed by atoms with Crippen LogP contribution in [-0.4, -0.2) is 56.8 Å². The molecule has 1 aromatic heterocycles. The Balaban J connectivity index is 1.35. The number of carbonyl (C=O) groups excluding carboxylic acids is 1. The van der Waals surface area contributed by atoms with Crippen molar-refractivity contribution in [3.63, 3.8) is 0 Å². The summed E-state index contributed by atoms with van der Waals surface area (Å²) in [5.74, 6) is -0.386. The summed E-state index contributed by atoms with van der Waals surface area (Å²) in [6.45, 7) is 8.99. The monoisotopic (exact) mass is 413 g/mol. The number of rotatable bonds is 4. The lowest BCUT2D eigenvalue weighted by molar-refractivity contribution is -0.113. The average molecular weight is 414 g/mol. The quantitative estimate of drug-likeness (QED) is 0.721. The van der Waals surface area contributed by atoms with Gasteiger partial charge in [-0.1, -0.05) is 12.1 Å². The summed E-state index contributed by atoms with van der Waals surface area (Å²) in [5.41, 5.74) is 2.98. The molecule has 2 aliphatic heterocycles. The lowest BCUT2D eigenvalue weighted by Crippen LogP contribution is -2.47. The average Bonchev–Trinajstić information content (AvgIpc) is 3.27. The van der Waals surface area contributed by atoms with Crippen LogP contribution in [0.5, 0.6) is 0 Å². The Morgan fingerprint density at radius 2 is 1.90 bits per heavy atom. The van der Waals surface area contributed by atoms with Gasteiger partial charge in [0.1, 0.15) is 5.82 Å². The summed E-state index contributed by atoms with van der Waals surface area (Å²) in [5, 5.41) is 5.21. The zero-order valence-corrected chi connectivity index (χ0v) is 17.5. The van der Waals surface area contributed by atoms with Crippen LogP contribution in [0.1, 0.15) is 23.7 Å². The van der Waals surface area contributed by atoms with Crippen molar-refractivity contribution in [1.82, 2.24) is 19.6 Å². The molecule has 0 saturated carbocycles. The molecule has 0 aliphatic carbocycles. The van der Waals surface area contributed by atoms with Crippen molar-refractivity contribution in [3.8, 4) is 0 Å². The van der Waals surface area contributed by atoms with E-state index in [4.69, 9.17) is 0 Å². The molecule has 29 heavy (non-hydrogen) atoms. The molecule has 3 heterocycles. The van der Waals surface area contributed by atoms with Gasteiger partial charge in [0.05, 0.1) is 10.6 Å². The fourth-order valence-electron chi connectivity index (χ4n) is 3.46. The maximum absolute atomic E-state index is 13.1. The number of aliphatic imine (C=N–C) groups is 1. The molecule has 1 aromatic carbocycles. The molecular formula is C21H24FN5OS. The van der Waals surface area contributed by atoms with Crippen LogP contribution in [0, 0.1) is 12.7 Å². The van der Waals surface area contributed by atoms with E-state index in [1.165, 1.54) is 23.9 Å². The van der Waals surface area contributed by atoms with Crippen LogP contribution < -0.4 is 0 Å². The minimum atomic E-state index is -0.208. The Morgan fingerprint density at radius 1 is 1.17 bits per heavy atom. The number of thioether (sulfide) groups is 1. The van der Waals surface area contributed by atoms with Crippen LogP contribution in [0.3, 0.4) is 0 Å². The number of amidine groups is 1. The zero-order chi connectivity index (χ0) is 20.4. The van der Waals surface area contributed by atoms with Crippen LogP contribution in [0.25, 0.3) is 6.08 Å². The van der Waals surface area contributed by atoms with E-state index in [0.29, 0.717) is 4.91 Å². The predicted molar refractivity (Wildman–Crippen MR) is 114 cm³/mol. The highest BCUT2D eigenvalue weighted by atomic mass is 32.2. The van der Waals surface area contributed by atoms with Gasteiger partial charge in [-0.15, -0.1) is 0 Å². The van der Waals surface area contributed by atoms with E-state index in [1.54, 1.807) is 0 Å². The molecule has 0 radical (unpaired) electrons. The Morgan fingerprint density at radius 3 is 2.55 bits per heavy atom. The first-order valence-electron chi connectivity index (χ1n) is 9.80. The second kappa shape index (κ2) is 8.51. The normalized spacial score (nSPS) is 19.3. The summed E-state index contributed by atoms with van der Waals surface area (Å²) in [6.07, 6.45) is 3.85. The van der Waals surface area contributed by atoms with Crippen LogP contribution in [0.4, 0.5) is 4.39 Å². The highest BCUT2D eigenvalue weighted by molar-refractivity contribution is 8.18. The van der Waals surface area contributed by atoms with E-state index in [9.17, 15) is 9.18 Å². The van der Waals surface area contributed by atoms with Gasteiger partial charge in [-0.3, -0.25) is 14.4 Å². The number of nitrogens with zero attached hydrogens (tertiary/aromatic N) is 5. The molecule has 8 heteroatoms. The van der Waals surface area contributed by atoms with Gasteiger partial charge in [-0.2, -0.15) is 10.1 Å². The topological polar surface area (TPSA) is 53.7 Å². The molecule has 1 saturated heterocycles. The fourth-order valence-corrected chi connectivity index (χ4v) is 4.41. The molecule has 2 aromatic rings. The highest BCUT2D eigenvalue weighted by Gasteiger charge is 2.28. The smallest absolute Gasteiger partial charge is 0.286 e. The van der Waals surface area contributed by atoms with Gasteiger partial charge < -0.3 is 4.90 Å². The van der Waals surface area contributed by atoms with Crippen molar-refractivity contribution < 1.29 is 9.18 Å². The molecule has 0 unspecified atom stereocenters. The maximum atomic E-state index is 13.1. The van der Waals surface area contributed by atoms with Crippen LogP contribution in [-0.2, 0) is 17.9 Å². The minimum absolute atomic E-state index is 0.178. The number of amides is 1. The maximum Gasteiger partial charge on any atom is 0.286 e. The SMILES string of the molecule is CCn1cc(/C=C2\SC(N3CCN(Cc4ccc(F)cc4)CC3)=NC2=O)c(C)n1. The van der Waals surface area contributed by atoms with Gasteiger partial charge in [0, 0.05) is 51.0 Å². The molecule has 1 amide bonds. The van der Waals surface area contributed by atoms with Gasteiger partial charge in [-0.05, 0) is 49.4 Å². The Hall–Kier alpha value is -2.45. The minimum Gasteiger partial charge on any atom is -0.348 e. The molecule has 0 bridgehead atoms. The lowest BCUT2D eigenvalue weighted by Gasteiger charge is -2.35. The van der Waals surface area contributed by atoms with Crippen LogP contribution in [0.15, 0.2) is 40.4 Å². The van der Waals surface area contributed by atoms with E-state index in [2.05, 4.69) is 19.9 Å². The summed E-state index contributed by atoms with van der Waals surface area (Å²) in [6, 6.07) is 6.66. The van der Waals surface area contributed by atoms with Crippen molar-refractivity contribution in [1.29, 1.82) is 0 Å². The second-order valence-electron chi connectivity index (χ2n) is 7.23. The number of benzene rings is 1. The van der Waals surface area contributed by atoms with E-state index in [0.717, 1.165) is 61.3 Å². The number of carbonyl (C=O) groups is 1. The first kappa shape index (κ1) is 19.8. The molecule has 152 valence electrons. The second-order valence-corrected chi connectivity index (χ2v) is 8.23. The van der Waals surface area contributed by atoms with Crippen LogP contribution in [0.2, 0.25) is 0 Å². The van der Waals surface area contributed by atoms with Gasteiger partial charge in [-0.25, -0.2) is 4.39 Å². The summed E-state index contributed by atoms with van der Waals surface area (Å²) >= 11 is 1.44. The Bertz CT molecular complexity index is 958. The standard InChI is InChI=1S/C21H24FN5OS/c1-3-27-14-17(15(2)24-27)12-19-20(28)23-21(29-19)26-10-8-25(9-11-26)13-16-4-6-18(22)7-5-16/h4-7,12,14H,3,8-11,13H2,1-2H3/b19-12-. The van der Waals surface area contributed by atoms with E-state index < -0.39 is 0 Å². The Labute approximate surface area is 174 Å². The summed E-state index contributed by atoms with van der Waals surface area (Å²) in [7, 11) is 0. The van der Waals surface area contributed by atoms with Gasteiger partial charge in [0.15, 0.2) is 5.17 Å². The number of aryl methyl sites for hydroxylation is 2. The van der Waals surface area contributed by atoms with Gasteiger partial charge in [0.25, 0.3) is 5.91 Å². The van der Waals surface area contributed by atoms with Crippen molar-refractivity contribution >= 4 is 28.9 Å². The first-order chi connectivity index (χ1) is 14.0. The van der Waals surface area contributed by atoms with Gasteiger partial charge in [0.2, 0.25) is 0 Å². The molecule has 6 nitrogen and oxygen atoms in total. The molecule has 1 fully saturated rings. The van der Waals surface area contributed by atoms with Crippen molar-refractivity contribution in [3.05, 3.63) is 58.0 Å². The van der Waals surface area contributed by atoms with Gasteiger partial charge >= 0.3 is 0 Å². The van der Waals surface area contributed by atoms with E-state index in [-0.39, 0.29) is 11.7 Å². The third kappa shape index (κ3) is 4.59. The molecule has 0 atom stereocenters. The number of aromatic nitrogens is 2. The van der Waals surface area contributed by atoms with Crippen molar-refractivity contribution in [2.24, 2.45) is 4.99 Å². The molecule has 0 N–H and O–H groups in total. The highest BCUT2D eigenvalue weighted by Crippen LogP contribution is 2.31. The third-order valence-electron chi connectivity index (χ3n) is 5.17. The number of piperazine rings is 1. The van der Waals surface area contributed by atoms with Crippen molar-refractivity contribution in [2.75, 3.05) is 26.2 Å². The number of hydrogen-bond donors (Lipinski definition) is 0. The predicted octanol–water partition coefficient (Wildman–Crippen LogP) is 3.14. The zero-order valence-electron chi connectivity index (χ0n) is 16.6. The number of halogens is 1. The molecule has 4 rings (SSSR count). The first-order valence-corrected chi connectivity index (χ1v) is 10.6. The van der Waals surface area contributed by atoms with Crippen LogP contribution >= 0.6 is 11.8 Å². The largest absolute Gasteiger partial charge is 0.348 e. The molecular weight excluding hydrogens is 389 g/mol.